The van der Waals surface area contributed by atoms with Gasteiger partial charge in [0.15, 0.2) is 0 Å². The molecule has 0 bridgehead atoms. The number of hydrogen-bond acceptors (Lipinski definition) is 3. The van der Waals surface area contributed by atoms with Crippen LogP contribution in [0.4, 0.5) is 4.79 Å². The van der Waals surface area contributed by atoms with Crippen molar-refractivity contribution in [3.05, 3.63) is 11.8 Å². The second kappa shape index (κ2) is 4.03. The highest BCUT2D eigenvalue weighted by atomic mass is 16.7. The fourth-order valence-electron chi connectivity index (χ4n) is 2.07. The maximum Gasteiger partial charge on any atom is 0.513 e. The second-order valence-corrected chi connectivity index (χ2v) is 4.71. The summed E-state index contributed by atoms with van der Waals surface area (Å²) in [6, 6.07) is 0. The Labute approximate surface area is 85.1 Å². The highest BCUT2D eigenvalue weighted by Gasteiger charge is 2.28. The summed E-state index contributed by atoms with van der Waals surface area (Å²) in [4.78, 5) is 10.9. The molecule has 1 rings (SSSR count). The summed E-state index contributed by atoms with van der Waals surface area (Å²) in [5.41, 5.74) is 0.206. The van der Waals surface area contributed by atoms with Crippen molar-refractivity contribution in [1.29, 1.82) is 0 Å². The van der Waals surface area contributed by atoms with Crippen LogP contribution in [0.15, 0.2) is 11.8 Å². The van der Waals surface area contributed by atoms with Gasteiger partial charge in [0.1, 0.15) is 5.76 Å². The van der Waals surface area contributed by atoms with Crippen molar-refractivity contribution in [1.82, 2.24) is 0 Å². The van der Waals surface area contributed by atoms with Crippen LogP contribution < -0.4 is 0 Å². The molecular formula is C11H18O3. The van der Waals surface area contributed by atoms with E-state index in [0.29, 0.717) is 5.92 Å². The van der Waals surface area contributed by atoms with E-state index in [0.717, 1.165) is 18.6 Å². The normalized spacial score (nSPS) is 25.1. The van der Waals surface area contributed by atoms with E-state index in [1.54, 1.807) is 0 Å². The Morgan fingerprint density at radius 3 is 2.71 bits per heavy atom. The molecule has 3 heteroatoms. The Morgan fingerprint density at radius 1 is 1.57 bits per heavy atom. The van der Waals surface area contributed by atoms with E-state index in [2.05, 4.69) is 25.5 Å². The van der Waals surface area contributed by atoms with E-state index < -0.39 is 6.16 Å². The van der Waals surface area contributed by atoms with Crippen molar-refractivity contribution in [3.8, 4) is 0 Å². The fraction of sp³-hybridized carbons (Fsp3) is 0.727. The Balaban J connectivity index is 2.65. The number of carbonyl (C=O) groups excluding carboxylic acids is 1. The van der Waals surface area contributed by atoms with E-state index in [4.69, 9.17) is 4.74 Å². The predicted octanol–water partition coefficient (Wildman–Crippen LogP) is 3.11. The van der Waals surface area contributed by atoms with Gasteiger partial charge in [-0.1, -0.05) is 20.8 Å². The number of rotatable bonds is 1. The van der Waals surface area contributed by atoms with Gasteiger partial charge in [-0.2, -0.15) is 0 Å². The molecule has 0 fully saturated rings. The molecule has 3 nitrogen and oxygen atoms in total. The molecule has 1 aliphatic rings. The van der Waals surface area contributed by atoms with E-state index >= 15 is 0 Å². The molecule has 1 unspecified atom stereocenters. The summed E-state index contributed by atoms with van der Waals surface area (Å²) in [5.74, 6) is 1.19. The lowest BCUT2D eigenvalue weighted by atomic mass is 9.76. The zero-order valence-corrected chi connectivity index (χ0v) is 9.29. The molecule has 0 aromatic rings. The molecule has 0 spiro atoms. The maximum absolute atomic E-state index is 10.9. The van der Waals surface area contributed by atoms with Crippen molar-refractivity contribution in [2.45, 2.75) is 33.6 Å². The van der Waals surface area contributed by atoms with Gasteiger partial charge >= 0.3 is 6.16 Å². The molecule has 0 amide bonds. The predicted molar refractivity (Wildman–Crippen MR) is 53.8 cm³/mol. The smallest absolute Gasteiger partial charge is 0.437 e. The molecule has 0 aliphatic heterocycles. The SMILES string of the molecule is COC(=O)OC1=CC(C)CC(C)(C)C1. The highest BCUT2D eigenvalue weighted by Crippen LogP contribution is 2.38. The van der Waals surface area contributed by atoms with Crippen LogP contribution in [-0.2, 0) is 9.47 Å². The van der Waals surface area contributed by atoms with Gasteiger partial charge in [0.25, 0.3) is 0 Å². The Hall–Kier alpha value is -0.990. The number of allylic oxidation sites excluding steroid dienone is 2. The molecule has 0 aromatic carbocycles. The fourth-order valence-corrected chi connectivity index (χ4v) is 2.07. The molecule has 0 radical (unpaired) electrons. The molecule has 1 aliphatic carbocycles. The second-order valence-electron chi connectivity index (χ2n) is 4.71. The summed E-state index contributed by atoms with van der Waals surface area (Å²) in [7, 11) is 1.32. The summed E-state index contributed by atoms with van der Waals surface area (Å²) in [6.45, 7) is 6.48. The third-order valence-corrected chi connectivity index (χ3v) is 2.38. The minimum Gasteiger partial charge on any atom is -0.437 e. The van der Waals surface area contributed by atoms with Gasteiger partial charge in [-0.25, -0.2) is 4.79 Å². The first kappa shape index (κ1) is 11.1. The third-order valence-electron chi connectivity index (χ3n) is 2.38. The van der Waals surface area contributed by atoms with Crippen molar-refractivity contribution in [2.75, 3.05) is 7.11 Å². The molecule has 0 saturated carbocycles. The van der Waals surface area contributed by atoms with Gasteiger partial charge in [-0.15, -0.1) is 0 Å². The number of methoxy groups -OCH3 is 1. The summed E-state index contributed by atoms with van der Waals surface area (Å²) in [5, 5.41) is 0. The number of ether oxygens (including phenoxy) is 2. The Bertz CT molecular complexity index is 253. The van der Waals surface area contributed by atoms with Gasteiger partial charge in [-0.3, -0.25) is 0 Å². The Kier molecular flexibility index (Phi) is 3.19. The molecule has 80 valence electrons. The topological polar surface area (TPSA) is 35.5 Å². The highest BCUT2D eigenvalue weighted by molar-refractivity contribution is 5.61. The zero-order valence-electron chi connectivity index (χ0n) is 9.29. The van der Waals surface area contributed by atoms with Crippen molar-refractivity contribution >= 4 is 6.16 Å². The molecular weight excluding hydrogens is 180 g/mol. The maximum atomic E-state index is 10.9. The van der Waals surface area contributed by atoms with Crippen LogP contribution >= 0.6 is 0 Å². The van der Waals surface area contributed by atoms with Gasteiger partial charge in [0.05, 0.1) is 7.11 Å². The third kappa shape index (κ3) is 3.05. The zero-order chi connectivity index (χ0) is 10.8. The summed E-state index contributed by atoms with van der Waals surface area (Å²) < 4.78 is 9.50. The van der Waals surface area contributed by atoms with Crippen molar-refractivity contribution < 1.29 is 14.3 Å². The van der Waals surface area contributed by atoms with Gasteiger partial charge in [0, 0.05) is 6.42 Å². The minimum atomic E-state index is -0.624. The van der Waals surface area contributed by atoms with Crippen LogP contribution in [0.25, 0.3) is 0 Å². The molecule has 0 aromatic heterocycles. The number of carbonyl (C=O) groups is 1. The van der Waals surface area contributed by atoms with Crippen LogP contribution in [0.2, 0.25) is 0 Å². The lowest BCUT2D eigenvalue weighted by molar-refractivity contribution is 0.0845. The van der Waals surface area contributed by atoms with Crippen LogP contribution in [0, 0.1) is 11.3 Å². The first-order valence-corrected chi connectivity index (χ1v) is 4.89. The van der Waals surface area contributed by atoms with Crippen LogP contribution in [-0.4, -0.2) is 13.3 Å². The first-order valence-electron chi connectivity index (χ1n) is 4.89. The minimum absolute atomic E-state index is 0.206. The van der Waals surface area contributed by atoms with E-state index in [9.17, 15) is 4.79 Å². The van der Waals surface area contributed by atoms with E-state index in [1.807, 2.05) is 6.08 Å². The van der Waals surface area contributed by atoms with Crippen LogP contribution in [0.5, 0.6) is 0 Å². The molecule has 1 atom stereocenters. The summed E-state index contributed by atoms with van der Waals surface area (Å²) in [6.07, 6.45) is 3.30. The molecule has 0 saturated heterocycles. The number of hydrogen-bond donors (Lipinski definition) is 0. The standard InChI is InChI=1S/C11H18O3/c1-8-5-9(14-10(12)13-4)7-11(2,3)6-8/h5,8H,6-7H2,1-4H3. The first-order chi connectivity index (χ1) is 6.43. The molecule has 0 N–H and O–H groups in total. The van der Waals surface area contributed by atoms with Crippen LogP contribution in [0.1, 0.15) is 33.6 Å². The lowest BCUT2D eigenvalue weighted by Crippen LogP contribution is -2.22. The quantitative estimate of drug-likeness (QED) is 0.607. The van der Waals surface area contributed by atoms with Crippen molar-refractivity contribution in [3.63, 3.8) is 0 Å². The average Bonchev–Trinajstić information content (AvgIpc) is 1.99. The summed E-state index contributed by atoms with van der Waals surface area (Å²) >= 11 is 0. The van der Waals surface area contributed by atoms with E-state index in [-0.39, 0.29) is 5.41 Å². The lowest BCUT2D eigenvalue weighted by Gasteiger charge is -2.32. The Morgan fingerprint density at radius 2 is 2.21 bits per heavy atom. The van der Waals surface area contributed by atoms with E-state index in [1.165, 1.54) is 7.11 Å². The molecule has 0 heterocycles. The average molecular weight is 198 g/mol. The largest absolute Gasteiger partial charge is 0.513 e. The van der Waals surface area contributed by atoms with Crippen LogP contribution in [0.3, 0.4) is 0 Å². The van der Waals surface area contributed by atoms with Gasteiger partial charge < -0.3 is 9.47 Å². The molecule has 14 heavy (non-hydrogen) atoms. The van der Waals surface area contributed by atoms with Gasteiger partial charge in [-0.05, 0) is 23.8 Å². The van der Waals surface area contributed by atoms with Crippen molar-refractivity contribution in [2.24, 2.45) is 11.3 Å². The van der Waals surface area contributed by atoms with Gasteiger partial charge in [0.2, 0.25) is 0 Å². The monoisotopic (exact) mass is 198 g/mol.